The maximum atomic E-state index is 12.0. The van der Waals surface area contributed by atoms with Crippen LogP contribution in [0.25, 0.3) is 0 Å². The number of rotatable bonds is 7. The molecule has 0 unspecified atom stereocenters. The maximum absolute atomic E-state index is 12.0. The van der Waals surface area contributed by atoms with Gasteiger partial charge in [0.15, 0.2) is 18.7 Å². The molecule has 0 fully saturated rings. The lowest BCUT2D eigenvalue weighted by Gasteiger charge is -2.15. The molecule has 22 heavy (non-hydrogen) atoms. The zero-order chi connectivity index (χ0) is 15.9. The van der Waals surface area contributed by atoms with Crippen LogP contribution in [0.5, 0.6) is 5.75 Å². The van der Waals surface area contributed by atoms with E-state index in [-0.39, 0.29) is 19.1 Å². The van der Waals surface area contributed by atoms with Crippen LogP contribution in [0.15, 0.2) is 28.8 Å². The summed E-state index contributed by atoms with van der Waals surface area (Å²) >= 11 is 0. The predicted octanol–water partition coefficient (Wildman–Crippen LogP) is 1.48. The van der Waals surface area contributed by atoms with Gasteiger partial charge in [-0.25, -0.2) is 0 Å². The molecule has 1 amide bonds. The average Bonchev–Trinajstić information content (AvgIpc) is 3.00. The van der Waals surface area contributed by atoms with Gasteiger partial charge in [0.05, 0.1) is 12.1 Å². The maximum Gasteiger partial charge on any atom is 0.260 e. The number of carbonyl (C=O) groups excluding carboxylic acids is 2. The van der Waals surface area contributed by atoms with Crippen LogP contribution in [0.2, 0.25) is 0 Å². The molecule has 1 heterocycles. The third-order valence-electron chi connectivity index (χ3n) is 3.02. The van der Waals surface area contributed by atoms with E-state index in [9.17, 15) is 9.59 Å². The number of para-hydroxylation sites is 1. The second-order valence-corrected chi connectivity index (χ2v) is 4.65. The van der Waals surface area contributed by atoms with Crippen molar-refractivity contribution in [3.63, 3.8) is 0 Å². The minimum absolute atomic E-state index is 0.171. The van der Waals surface area contributed by atoms with Crippen molar-refractivity contribution in [2.24, 2.45) is 0 Å². The molecule has 0 aliphatic heterocycles. The quantitative estimate of drug-likeness (QED) is 0.720. The number of aromatic nitrogens is 2. The van der Waals surface area contributed by atoms with Gasteiger partial charge >= 0.3 is 0 Å². The molecule has 0 bridgehead atoms. The number of hydrogen-bond donors (Lipinski definition) is 0. The number of amides is 1. The second-order valence-electron chi connectivity index (χ2n) is 4.65. The third kappa shape index (κ3) is 3.91. The van der Waals surface area contributed by atoms with Crippen LogP contribution in [0.3, 0.4) is 0 Å². The fourth-order valence-electron chi connectivity index (χ4n) is 1.75. The number of hydrogen-bond acceptors (Lipinski definition) is 6. The van der Waals surface area contributed by atoms with Crippen LogP contribution >= 0.6 is 0 Å². The first kappa shape index (κ1) is 15.7. The Balaban J connectivity index is 1.89. The van der Waals surface area contributed by atoms with E-state index in [1.165, 1.54) is 4.90 Å². The monoisotopic (exact) mass is 303 g/mol. The molecule has 7 heteroatoms. The van der Waals surface area contributed by atoms with Crippen molar-refractivity contribution >= 4 is 12.2 Å². The summed E-state index contributed by atoms with van der Waals surface area (Å²) in [5, 5.41) is 3.77. The fraction of sp³-hybridized carbons (Fsp3) is 0.333. The smallest absolute Gasteiger partial charge is 0.260 e. The molecular weight excluding hydrogens is 286 g/mol. The summed E-state index contributed by atoms with van der Waals surface area (Å²) < 4.78 is 10.4. The Kier molecular flexibility index (Phi) is 5.24. The van der Waals surface area contributed by atoms with Gasteiger partial charge in [-0.3, -0.25) is 9.59 Å². The van der Waals surface area contributed by atoms with Gasteiger partial charge in [-0.1, -0.05) is 24.2 Å². The highest BCUT2D eigenvalue weighted by Crippen LogP contribution is 2.15. The standard InChI is InChI=1S/C15H17N3O4/c1-3-13-16-14(22-17-13)8-18(2)15(20)10-21-12-7-5-4-6-11(12)9-19/h4-7,9H,3,8,10H2,1-2H3. The van der Waals surface area contributed by atoms with Crippen LogP contribution in [0.1, 0.15) is 29.0 Å². The van der Waals surface area contributed by atoms with Crippen molar-refractivity contribution in [3.8, 4) is 5.75 Å². The zero-order valence-electron chi connectivity index (χ0n) is 12.5. The van der Waals surface area contributed by atoms with Crippen molar-refractivity contribution in [2.45, 2.75) is 19.9 Å². The largest absolute Gasteiger partial charge is 0.483 e. The topological polar surface area (TPSA) is 85.5 Å². The molecular formula is C15H17N3O4. The van der Waals surface area contributed by atoms with E-state index >= 15 is 0 Å². The van der Waals surface area contributed by atoms with Gasteiger partial charge in [0, 0.05) is 13.5 Å². The van der Waals surface area contributed by atoms with E-state index < -0.39 is 0 Å². The molecule has 1 aromatic heterocycles. The van der Waals surface area contributed by atoms with Gasteiger partial charge in [0.2, 0.25) is 5.89 Å². The molecule has 0 atom stereocenters. The van der Waals surface area contributed by atoms with E-state index in [1.807, 2.05) is 6.92 Å². The highest BCUT2D eigenvalue weighted by molar-refractivity contribution is 5.80. The number of nitrogens with zero attached hydrogens (tertiary/aromatic N) is 3. The van der Waals surface area contributed by atoms with Crippen LogP contribution in [0.4, 0.5) is 0 Å². The van der Waals surface area contributed by atoms with Gasteiger partial charge in [0.25, 0.3) is 5.91 Å². The van der Waals surface area contributed by atoms with Gasteiger partial charge in [-0.15, -0.1) is 0 Å². The van der Waals surface area contributed by atoms with Crippen molar-refractivity contribution in [1.82, 2.24) is 15.0 Å². The summed E-state index contributed by atoms with van der Waals surface area (Å²) in [5.41, 5.74) is 0.405. The molecule has 116 valence electrons. The summed E-state index contributed by atoms with van der Waals surface area (Å²) in [5.74, 6) is 1.11. The SMILES string of the molecule is CCc1noc(CN(C)C(=O)COc2ccccc2C=O)n1. The average molecular weight is 303 g/mol. The normalized spacial score (nSPS) is 10.3. The molecule has 0 N–H and O–H groups in total. The van der Waals surface area contributed by atoms with Gasteiger partial charge in [0.1, 0.15) is 5.75 Å². The Labute approximate surface area is 127 Å². The summed E-state index contributed by atoms with van der Waals surface area (Å²) in [4.78, 5) is 28.5. The van der Waals surface area contributed by atoms with Crippen LogP contribution in [-0.4, -0.2) is 40.9 Å². The number of likely N-dealkylation sites (N-methyl/N-ethyl adjacent to an activating group) is 1. The highest BCUT2D eigenvalue weighted by atomic mass is 16.5. The zero-order valence-corrected chi connectivity index (χ0v) is 12.5. The molecule has 0 saturated carbocycles. The Hall–Kier alpha value is -2.70. The van der Waals surface area contributed by atoms with Crippen molar-refractivity contribution < 1.29 is 18.8 Å². The lowest BCUT2D eigenvalue weighted by atomic mass is 10.2. The van der Waals surface area contributed by atoms with Crippen LogP contribution < -0.4 is 4.74 Å². The number of aldehydes is 1. The fourth-order valence-corrected chi connectivity index (χ4v) is 1.75. The summed E-state index contributed by atoms with van der Waals surface area (Å²) in [6.07, 6.45) is 1.36. The molecule has 2 rings (SSSR count). The number of aryl methyl sites for hydroxylation is 1. The molecule has 0 radical (unpaired) electrons. The lowest BCUT2D eigenvalue weighted by molar-refractivity contribution is -0.132. The first-order chi connectivity index (χ1) is 10.6. The molecule has 0 aliphatic carbocycles. The van der Waals surface area contributed by atoms with E-state index in [0.717, 1.165) is 0 Å². The van der Waals surface area contributed by atoms with Gasteiger partial charge in [-0.05, 0) is 12.1 Å². The highest BCUT2D eigenvalue weighted by Gasteiger charge is 2.14. The Bertz CT molecular complexity index is 654. The minimum atomic E-state index is -0.253. The third-order valence-corrected chi connectivity index (χ3v) is 3.02. The Morgan fingerprint density at radius 3 is 2.86 bits per heavy atom. The molecule has 0 saturated heterocycles. The number of benzene rings is 1. The summed E-state index contributed by atoms with van der Waals surface area (Å²) in [7, 11) is 1.62. The molecule has 0 aliphatic rings. The first-order valence-electron chi connectivity index (χ1n) is 6.86. The molecule has 7 nitrogen and oxygen atoms in total. The minimum Gasteiger partial charge on any atom is -0.483 e. The second kappa shape index (κ2) is 7.35. The summed E-state index contributed by atoms with van der Waals surface area (Å²) in [6.45, 7) is 1.96. The van der Waals surface area contributed by atoms with E-state index in [2.05, 4.69) is 10.1 Å². The van der Waals surface area contributed by atoms with Crippen molar-refractivity contribution in [1.29, 1.82) is 0 Å². The van der Waals surface area contributed by atoms with Crippen molar-refractivity contribution in [2.75, 3.05) is 13.7 Å². The van der Waals surface area contributed by atoms with Crippen LogP contribution in [0, 0.1) is 0 Å². The molecule has 2 aromatic rings. The molecule has 1 aromatic carbocycles. The molecule has 0 spiro atoms. The van der Waals surface area contributed by atoms with Crippen LogP contribution in [-0.2, 0) is 17.8 Å². The van der Waals surface area contributed by atoms with Gasteiger partial charge in [-0.2, -0.15) is 4.98 Å². The van der Waals surface area contributed by atoms with Crippen molar-refractivity contribution in [3.05, 3.63) is 41.5 Å². The first-order valence-corrected chi connectivity index (χ1v) is 6.86. The van der Waals surface area contributed by atoms with E-state index in [0.29, 0.717) is 35.7 Å². The predicted molar refractivity (Wildman–Crippen MR) is 77.5 cm³/mol. The number of carbonyl (C=O) groups is 2. The Morgan fingerprint density at radius 1 is 1.41 bits per heavy atom. The lowest BCUT2D eigenvalue weighted by Crippen LogP contribution is -2.31. The Morgan fingerprint density at radius 2 is 2.18 bits per heavy atom. The number of ether oxygens (including phenoxy) is 1. The van der Waals surface area contributed by atoms with E-state index in [4.69, 9.17) is 9.26 Å². The summed E-state index contributed by atoms with van der Waals surface area (Å²) in [6, 6.07) is 6.73. The van der Waals surface area contributed by atoms with Gasteiger partial charge < -0.3 is 14.2 Å². The van der Waals surface area contributed by atoms with E-state index in [1.54, 1.807) is 31.3 Å².